The summed E-state index contributed by atoms with van der Waals surface area (Å²) in [6, 6.07) is 4.14. The van der Waals surface area contributed by atoms with E-state index >= 15 is 0 Å². The van der Waals surface area contributed by atoms with Gasteiger partial charge < -0.3 is 0 Å². The van der Waals surface area contributed by atoms with Gasteiger partial charge in [-0.15, -0.1) is 8.19 Å². The fourth-order valence-corrected chi connectivity index (χ4v) is 0.833. The molecule has 1 aromatic heterocycles. The van der Waals surface area contributed by atoms with E-state index in [-0.39, 0.29) is 0 Å². The van der Waals surface area contributed by atoms with Gasteiger partial charge in [0.1, 0.15) is 0 Å². The third-order valence-corrected chi connectivity index (χ3v) is 1.27. The number of hydrogen-bond donors (Lipinski definition) is 0. The van der Waals surface area contributed by atoms with Crippen LogP contribution in [0, 0.1) is 0 Å². The molecule has 51 valence electrons. The molecule has 0 spiro atoms. The average Bonchev–Trinajstić information content (AvgIpc) is 2.11. The second-order valence-corrected chi connectivity index (χ2v) is 11.9. The maximum Gasteiger partial charge on any atom is -0.0454 e. The van der Waals surface area contributed by atoms with Gasteiger partial charge in [0.2, 0.25) is 0 Å². The molecule has 0 saturated heterocycles. The van der Waals surface area contributed by atoms with E-state index < -0.39 is 19.8 Å². The van der Waals surface area contributed by atoms with E-state index in [4.69, 9.17) is 0 Å². The molecule has 0 amide bonds. The van der Waals surface area contributed by atoms with E-state index in [0.717, 1.165) is 8.19 Å². The first-order valence-electron chi connectivity index (χ1n) is 3.08. The van der Waals surface area contributed by atoms with Crippen LogP contribution in [-0.2, 0) is 0 Å². The van der Waals surface area contributed by atoms with Crippen LogP contribution in [0.4, 0.5) is 0 Å². The Kier molecular flexibility index (Phi) is 7.13. The minimum atomic E-state index is -0.543. The Labute approximate surface area is 66.5 Å². The molecule has 0 aliphatic carbocycles. The summed E-state index contributed by atoms with van der Waals surface area (Å²) >= 11 is -0.543. The average molecular weight is 248 g/mol. The summed E-state index contributed by atoms with van der Waals surface area (Å²) in [6.07, 6.45) is 0. The van der Waals surface area contributed by atoms with Crippen molar-refractivity contribution in [1.29, 1.82) is 0 Å². The van der Waals surface area contributed by atoms with Crippen molar-refractivity contribution in [2.45, 2.75) is 14.8 Å². The third-order valence-electron chi connectivity index (χ3n) is 0.496. The molecular weight excluding hydrogens is 234 g/mol. The van der Waals surface area contributed by atoms with Gasteiger partial charge in [-0.3, -0.25) is 0 Å². The zero-order valence-electron chi connectivity index (χ0n) is 6.31. The molecule has 0 bridgehead atoms. The first kappa shape index (κ1) is 9.58. The topological polar surface area (TPSA) is 0 Å². The van der Waals surface area contributed by atoms with Gasteiger partial charge in [0, 0.05) is 0 Å². The molecule has 0 N–H and O–H groups in total. The van der Waals surface area contributed by atoms with Crippen LogP contribution in [0.15, 0.2) is 23.7 Å². The smallest absolute Gasteiger partial charge is 0.0454 e. The van der Waals surface area contributed by atoms with E-state index in [0.29, 0.717) is 0 Å². The predicted octanol–water partition coefficient (Wildman–Crippen LogP) is 3.09. The molecule has 0 aromatic carbocycles. The van der Waals surface area contributed by atoms with Crippen LogP contribution in [0.25, 0.3) is 0 Å². The summed E-state index contributed by atoms with van der Waals surface area (Å²) in [5.41, 5.74) is 0. The number of rotatable bonds is 0. The first-order chi connectivity index (χ1) is 4.23. The zero-order chi connectivity index (χ0) is 7.11. The van der Waals surface area contributed by atoms with Crippen LogP contribution in [0.5, 0.6) is 0 Å². The van der Waals surface area contributed by atoms with Crippen LogP contribution in [-0.4, -0.2) is 19.8 Å². The van der Waals surface area contributed by atoms with Crippen molar-refractivity contribution in [1.82, 2.24) is 0 Å². The van der Waals surface area contributed by atoms with E-state index in [9.17, 15) is 0 Å². The molecular formula is C7H14PSn. The standard InChI is InChI=1S/C4H5P.3CH3.Sn/c1-2-4-5-3-1;;;;/h1-5H;3*1H3;. The summed E-state index contributed by atoms with van der Waals surface area (Å²) in [7, 11) is 0.948. The third kappa shape index (κ3) is 11.9. The monoisotopic (exact) mass is 249 g/mol. The summed E-state index contributed by atoms with van der Waals surface area (Å²) in [6.45, 7) is 0. The van der Waals surface area contributed by atoms with Gasteiger partial charge in [-0.05, 0) is 11.6 Å². The molecule has 1 heterocycles. The zero-order valence-corrected chi connectivity index (χ0v) is 10.2. The van der Waals surface area contributed by atoms with Gasteiger partial charge in [-0.2, -0.15) is 0 Å². The Morgan fingerprint density at radius 1 is 1.00 bits per heavy atom. The molecule has 0 unspecified atom stereocenters. The van der Waals surface area contributed by atoms with E-state index in [1.807, 2.05) is 0 Å². The Balaban J connectivity index is 0.000000148. The summed E-state index contributed by atoms with van der Waals surface area (Å²) < 4.78 is 0. The normalized spacial score (nSPS) is 8.44. The first-order valence-corrected chi connectivity index (χ1v) is 12.8. The molecule has 0 atom stereocenters. The Bertz CT molecular complexity index is 92.5. The van der Waals surface area contributed by atoms with Gasteiger partial charge in [-0.1, -0.05) is 12.1 Å². The van der Waals surface area contributed by atoms with E-state index in [2.05, 4.69) is 38.5 Å². The maximum absolute atomic E-state index is 2.36. The van der Waals surface area contributed by atoms with Gasteiger partial charge in [0.15, 0.2) is 0 Å². The largest absolute Gasteiger partial charge is 0.140 e. The fourth-order valence-electron chi connectivity index (χ4n) is 0.278. The second-order valence-electron chi connectivity index (χ2n) is 2.38. The van der Waals surface area contributed by atoms with Gasteiger partial charge in [0.05, 0.1) is 0 Å². The molecule has 0 fully saturated rings. The molecule has 0 saturated carbocycles. The van der Waals surface area contributed by atoms with Crippen molar-refractivity contribution in [3.05, 3.63) is 23.7 Å². The Morgan fingerprint density at radius 3 is 1.44 bits per heavy atom. The summed E-state index contributed by atoms with van der Waals surface area (Å²) in [5, 5.41) is 0. The maximum atomic E-state index is 2.36. The predicted molar refractivity (Wildman–Crippen MR) is 49.3 cm³/mol. The molecule has 9 heavy (non-hydrogen) atoms. The molecule has 2 heteroatoms. The summed E-state index contributed by atoms with van der Waals surface area (Å²) in [4.78, 5) is 7.09. The Morgan fingerprint density at radius 2 is 1.33 bits per heavy atom. The SMILES string of the molecule is [CH3][Sn]([CH3])[CH3].c1cc[pH]c1. The van der Waals surface area contributed by atoms with Crippen LogP contribution in [0.1, 0.15) is 0 Å². The molecule has 1 radical (unpaired) electrons. The fraction of sp³-hybridized carbons (Fsp3) is 0.429. The van der Waals surface area contributed by atoms with Crippen molar-refractivity contribution in [3.8, 4) is 0 Å². The van der Waals surface area contributed by atoms with Crippen molar-refractivity contribution < 1.29 is 0 Å². The summed E-state index contributed by atoms with van der Waals surface area (Å²) in [5.74, 6) is 4.31. The quantitative estimate of drug-likeness (QED) is 0.619. The molecule has 0 aliphatic rings. The van der Waals surface area contributed by atoms with Crippen molar-refractivity contribution in [2.24, 2.45) is 0 Å². The molecule has 1 rings (SSSR count). The minimum Gasteiger partial charge on any atom is -0.140 e. The molecule has 1 aromatic rings. The molecule has 0 aliphatic heterocycles. The van der Waals surface area contributed by atoms with E-state index in [1.54, 1.807) is 0 Å². The molecule has 0 nitrogen and oxygen atoms in total. The van der Waals surface area contributed by atoms with Gasteiger partial charge >= 0.3 is 34.6 Å². The van der Waals surface area contributed by atoms with Gasteiger partial charge in [-0.25, -0.2) is 0 Å². The minimum absolute atomic E-state index is 0.543. The second kappa shape index (κ2) is 6.70. The Hall–Kier alpha value is 0.579. The van der Waals surface area contributed by atoms with Crippen molar-refractivity contribution >= 4 is 28.0 Å². The number of hydrogen-bond acceptors (Lipinski definition) is 0. The van der Waals surface area contributed by atoms with Crippen LogP contribution in [0.3, 0.4) is 0 Å². The van der Waals surface area contributed by atoms with Gasteiger partial charge in [0.25, 0.3) is 0 Å². The van der Waals surface area contributed by atoms with E-state index in [1.165, 1.54) is 0 Å². The van der Waals surface area contributed by atoms with Crippen LogP contribution in [0.2, 0.25) is 14.8 Å². The van der Waals surface area contributed by atoms with Crippen molar-refractivity contribution in [3.63, 3.8) is 0 Å². The van der Waals surface area contributed by atoms with Crippen molar-refractivity contribution in [2.75, 3.05) is 0 Å². The van der Waals surface area contributed by atoms with Crippen LogP contribution >= 0.6 is 8.19 Å². The van der Waals surface area contributed by atoms with Crippen LogP contribution < -0.4 is 0 Å².